The molecule has 1 rings (SSSR count). The maximum atomic E-state index is 4.16. The van der Waals surface area contributed by atoms with Crippen LogP contribution in [-0.4, -0.2) is 10.2 Å². The van der Waals surface area contributed by atoms with Crippen LogP contribution < -0.4 is 0 Å². The van der Waals surface area contributed by atoms with E-state index in [-0.39, 0.29) is 0 Å². The molecule has 0 aliphatic rings. The summed E-state index contributed by atoms with van der Waals surface area (Å²) >= 11 is 3.49. The molecule has 55 valence electrons. The Hall–Kier alpha value is -0.0200. The largest absolute Gasteiger partial charge is 0.238 e. The first-order valence-electron chi connectivity index (χ1n) is 3.18. The maximum Gasteiger partial charge on any atom is 0.150 e. The average molecular weight is 172 g/mol. The van der Waals surface area contributed by atoms with Gasteiger partial charge in [0.15, 0.2) is 0 Å². The van der Waals surface area contributed by atoms with Crippen LogP contribution in [0.5, 0.6) is 0 Å². The predicted molar refractivity (Wildman–Crippen MR) is 47.4 cm³/mol. The van der Waals surface area contributed by atoms with E-state index < -0.39 is 0 Å². The minimum absolute atomic E-state index is 0.589. The van der Waals surface area contributed by atoms with Crippen molar-refractivity contribution in [2.75, 3.05) is 0 Å². The Labute approximate surface area is 69.9 Å². The molecule has 0 bridgehead atoms. The summed E-state index contributed by atoms with van der Waals surface area (Å²) in [5, 5.41) is 2.59. The van der Waals surface area contributed by atoms with Crippen molar-refractivity contribution in [1.29, 1.82) is 0 Å². The van der Waals surface area contributed by atoms with Gasteiger partial charge in [-0.15, -0.1) is 11.3 Å². The van der Waals surface area contributed by atoms with Gasteiger partial charge in [-0.3, -0.25) is 0 Å². The van der Waals surface area contributed by atoms with Gasteiger partial charge in [0.1, 0.15) is 4.34 Å². The minimum Gasteiger partial charge on any atom is -0.238 e. The van der Waals surface area contributed by atoms with Crippen LogP contribution in [0.1, 0.15) is 13.3 Å². The van der Waals surface area contributed by atoms with E-state index >= 15 is 0 Å². The van der Waals surface area contributed by atoms with Crippen LogP contribution in [0.2, 0.25) is 0 Å². The first kappa shape index (κ1) is 8.08. The second kappa shape index (κ2) is 3.98. The Balaban J connectivity index is 2.40. The number of thioether (sulfide) groups is 1. The number of hydrogen-bond donors (Lipinski definition) is 0. The zero-order chi connectivity index (χ0) is 7.40. The number of rotatable bonds is 3. The molecule has 0 saturated carbocycles. The number of thiazole rings is 1. The van der Waals surface area contributed by atoms with Gasteiger partial charge in [-0.05, 0) is 6.42 Å². The highest BCUT2D eigenvalue weighted by molar-refractivity contribution is 8.01. The summed E-state index contributed by atoms with van der Waals surface area (Å²) in [6.07, 6.45) is 2.80. The fourth-order valence-corrected chi connectivity index (χ4v) is 2.32. The first-order valence-corrected chi connectivity index (χ1v) is 4.94. The summed E-state index contributed by atoms with van der Waals surface area (Å²) < 4.78 is 1.15. The zero-order valence-electron chi connectivity index (χ0n) is 5.91. The van der Waals surface area contributed by atoms with E-state index in [2.05, 4.69) is 18.8 Å². The summed E-state index contributed by atoms with van der Waals surface area (Å²) in [4.78, 5) is 4.16. The van der Waals surface area contributed by atoms with E-state index in [9.17, 15) is 0 Å². The van der Waals surface area contributed by atoms with Crippen LogP contribution in [0.15, 0.2) is 15.9 Å². The van der Waals surface area contributed by atoms with Crippen LogP contribution >= 0.6 is 23.1 Å². The van der Waals surface area contributed by atoms with E-state index in [0.29, 0.717) is 5.25 Å². The molecular formula is C7H10NS2. The Kier molecular flexibility index (Phi) is 3.22. The molecule has 0 amide bonds. The molecule has 0 fully saturated rings. The Bertz CT molecular complexity index is 172. The van der Waals surface area contributed by atoms with Crippen molar-refractivity contribution in [3.63, 3.8) is 0 Å². The van der Waals surface area contributed by atoms with Gasteiger partial charge < -0.3 is 0 Å². The molecule has 0 aliphatic heterocycles. The monoisotopic (exact) mass is 172 g/mol. The molecule has 3 heteroatoms. The molecule has 1 nitrogen and oxygen atoms in total. The number of nitrogens with zero attached hydrogens (tertiary/aromatic N) is 1. The molecule has 10 heavy (non-hydrogen) atoms. The fourth-order valence-electron chi connectivity index (χ4n) is 0.500. The molecule has 1 unspecified atom stereocenters. The molecular weight excluding hydrogens is 162 g/mol. The third-order valence-electron chi connectivity index (χ3n) is 1.12. The lowest BCUT2D eigenvalue weighted by atomic mass is 10.4. The van der Waals surface area contributed by atoms with Gasteiger partial charge in [0.05, 0.1) is 0 Å². The Morgan fingerprint density at radius 3 is 3.20 bits per heavy atom. The molecule has 0 N–H and O–H groups in total. The molecule has 1 aromatic rings. The molecule has 0 aromatic carbocycles. The standard InChI is InChI=1S/C7H10NS2/c1-3-6(2)10-7-8-4-5-9-7/h4-6H,1,3H2,2H3. The van der Waals surface area contributed by atoms with Crippen LogP contribution in [0.4, 0.5) is 0 Å². The van der Waals surface area contributed by atoms with Crippen LogP contribution in [-0.2, 0) is 0 Å². The molecule has 0 saturated heterocycles. The first-order chi connectivity index (χ1) is 4.83. The van der Waals surface area contributed by atoms with Crippen molar-refractivity contribution in [3.05, 3.63) is 18.5 Å². The molecule has 1 radical (unpaired) electrons. The van der Waals surface area contributed by atoms with Gasteiger partial charge in [-0.2, -0.15) is 0 Å². The summed E-state index contributed by atoms with van der Waals surface area (Å²) in [5.41, 5.74) is 0. The van der Waals surface area contributed by atoms with Crippen molar-refractivity contribution in [1.82, 2.24) is 4.98 Å². The lowest BCUT2D eigenvalue weighted by Crippen LogP contribution is -1.90. The van der Waals surface area contributed by atoms with Gasteiger partial charge in [0.2, 0.25) is 0 Å². The second-order valence-electron chi connectivity index (χ2n) is 2.02. The highest BCUT2D eigenvalue weighted by Gasteiger charge is 2.02. The normalized spacial score (nSPS) is 13.4. The van der Waals surface area contributed by atoms with E-state index in [1.165, 1.54) is 0 Å². The lowest BCUT2D eigenvalue weighted by Gasteiger charge is -2.02. The van der Waals surface area contributed by atoms with Crippen molar-refractivity contribution in [2.45, 2.75) is 22.9 Å². The van der Waals surface area contributed by atoms with E-state index in [1.807, 2.05) is 11.6 Å². The zero-order valence-corrected chi connectivity index (χ0v) is 7.54. The number of hydrogen-bond acceptors (Lipinski definition) is 3. The highest BCUT2D eigenvalue weighted by Crippen LogP contribution is 2.25. The summed E-state index contributed by atoms with van der Waals surface area (Å²) in [6.45, 7) is 5.99. The quantitative estimate of drug-likeness (QED) is 0.650. The maximum absolute atomic E-state index is 4.16. The van der Waals surface area contributed by atoms with E-state index in [0.717, 1.165) is 10.8 Å². The van der Waals surface area contributed by atoms with Gasteiger partial charge in [-0.25, -0.2) is 4.98 Å². The Morgan fingerprint density at radius 2 is 2.70 bits per heavy atom. The predicted octanol–water partition coefficient (Wildman–Crippen LogP) is 2.85. The third kappa shape index (κ3) is 2.31. The van der Waals surface area contributed by atoms with Crippen LogP contribution in [0.25, 0.3) is 0 Å². The van der Waals surface area contributed by atoms with Crippen molar-refractivity contribution in [2.24, 2.45) is 0 Å². The molecule has 1 aromatic heterocycles. The van der Waals surface area contributed by atoms with Gasteiger partial charge >= 0.3 is 0 Å². The highest BCUT2D eigenvalue weighted by atomic mass is 32.2. The van der Waals surface area contributed by atoms with Gasteiger partial charge in [0, 0.05) is 16.8 Å². The second-order valence-corrected chi connectivity index (χ2v) is 4.60. The summed E-state index contributed by atoms with van der Waals surface area (Å²) in [7, 11) is 0. The van der Waals surface area contributed by atoms with Crippen molar-refractivity contribution in [3.8, 4) is 0 Å². The van der Waals surface area contributed by atoms with Crippen molar-refractivity contribution < 1.29 is 0 Å². The van der Waals surface area contributed by atoms with Crippen LogP contribution in [0.3, 0.4) is 0 Å². The fraction of sp³-hybridized carbons (Fsp3) is 0.429. The topological polar surface area (TPSA) is 12.9 Å². The van der Waals surface area contributed by atoms with Gasteiger partial charge in [0.25, 0.3) is 0 Å². The van der Waals surface area contributed by atoms with Gasteiger partial charge in [-0.1, -0.05) is 25.6 Å². The molecule has 0 aliphatic carbocycles. The van der Waals surface area contributed by atoms with Crippen LogP contribution in [0, 0.1) is 6.92 Å². The smallest absolute Gasteiger partial charge is 0.150 e. The lowest BCUT2D eigenvalue weighted by molar-refractivity contribution is 0.975. The molecule has 0 spiro atoms. The summed E-state index contributed by atoms with van der Waals surface area (Å²) in [6, 6.07) is 0. The number of aromatic nitrogens is 1. The molecule has 1 atom stereocenters. The summed E-state index contributed by atoms with van der Waals surface area (Å²) in [5.74, 6) is 0. The van der Waals surface area contributed by atoms with Crippen molar-refractivity contribution >= 4 is 23.1 Å². The van der Waals surface area contributed by atoms with E-state index in [4.69, 9.17) is 0 Å². The van der Waals surface area contributed by atoms with E-state index in [1.54, 1.807) is 23.1 Å². The third-order valence-corrected chi connectivity index (χ3v) is 3.21. The SMILES string of the molecule is [CH2]CC(C)Sc1nccs1. The Morgan fingerprint density at radius 1 is 1.90 bits per heavy atom. The minimum atomic E-state index is 0.589. The molecule has 1 heterocycles. The average Bonchev–Trinajstić information content (AvgIpc) is 2.40.